The molecule has 0 unspecified atom stereocenters. The molecule has 0 aliphatic carbocycles. The molecule has 1 aliphatic heterocycles. The molecule has 25 heavy (non-hydrogen) atoms. The SMILES string of the molecule is Cl.NC[C@@H]1CN(S(=O)(=O)c2ccc(F)cc2Cl)C[C@H]1c1ccccc1. The Balaban J connectivity index is 0.00000225. The van der Waals surface area contributed by atoms with E-state index >= 15 is 0 Å². The van der Waals surface area contributed by atoms with E-state index in [1.165, 1.54) is 10.4 Å². The van der Waals surface area contributed by atoms with E-state index in [9.17, 15) is 12.8 Å². The van der Waals surface area contributed by atoms with Crippen LogP contribution in [0.15, 0.2) is 53.4 Å². The van der Waals surface area contributed by atoms with Gasteiger partial charge in [0.1, 0.15) is 10.7 Å². The summed E-state index contributed by atoms with van der Waals surface area (Å²) in [7, 11) is -3.79. The molecule has 8 heteroatoms. The maximum atomic E-state index is 13.2. The van der Waals surface area contributed by atoms with Crippen LogP contribution in [0.2, 0.25) is 5.02 Å². The molecule has 2 atom stereocenters. The molecule has 0 aromatic heterocycles. The molecule has 1 aliphatic rings. The lowest BCUT2D eigenvalue weighted by molar-refractivity contribution is 0.459. The van der Waals surface area contributed by atoms with Gasteiger partial charge < -0.3 is 5.73 Å². The number of nitrogens with zero attached hydrogens (tertiary/aromatic N) is 1. The van der Waals surface area contributed by atoms with Crippen molar-refractivity contribution in [2.24, 2.45) is 11.7 Å². The summed E-state index contributed by atoms with van der Waals surface area (Å²) in [5, 5.41) is -0.109. The highest BCUT2D eigenvalue weighted by atomic mass is 35.5. The van der Waals surface area contributed by atoms with Crippen LogP contribution in [-0.4, -0.2) is 32.4 Å². The third kappa shape index (κ3) is 3.99. The fourth-order valence-electron chi connectivity index (χ4n) is 3.17. The predicted molar refractivity (Wildman–Crippen MR) is 99.1 cm³/mol. The first kappa shape index (κ1) is 20.1. The molecule has 0 amide bonds. The smallest absolute Gasteiger partial charge is 0.244 e. The van der Waals surface area contributed by atoms with Gasteiger partial charge in [0.2, 0.25) is 10.0 Å². The van der Waals surface area contributed by atoms with Crippen molar-refractivity contribution in [2.75, 3.05) is 19.6 Å². The van der Waals surface area contributed by atoms with E-state index in [1.54, 1.807) is 0 Å². The molecule has 0 spiro atoms. The first-order valence-corrected chi connectivity index (χ1v) is 9.45. The number of benzene rings is 2. The van der Waals surface area contributed by atoms with E-state index in [0.717, 1.165) is 17.7 Å². The predicted octanol–water partition coefficient (Wildman–Crippen LogP) is 3.26. The van der Waals surface area contributed by atoms with Crippen LogP contribution in [0.1, 0.15) is 11.5 Å². The lowest BCUT2D eigenvalue weighted by Crippen LogP contribution is -2.30. The lowest BCUT2D eigenvalue weighted by atomic mass is 9.89. The number of hydrogen-bond donors (Lipinski definition) is 1. The monoisotopic (exact) mass is 404 g/mol. The van der Waals surface area contributed by atoms with Gasteiger partial charge in [0.25, 0.3) is 0 Å². The van der Waals surface area contributed by atoms with E-state index in [2.05, 4.69) is 0 Å². The zero-order valence-corrected chi connectivity index (χ0v) is 15.7. The molecule has 2 N–H and O–H groups in total. The highest BCUT2D eigenvalue weighted by Gasteiger charge is 2.40. The first-order valence-electron chi connectivity index (χ1n) is 7.63. The van der Waals surface area contributed by atoms with E-state index < -0.39 is 15.8 Å². The fraction of sp³-hybridized carbons (Fsp3) is 0.294. The number of hydrogen-bond acceptors (Lipinski definition) is 3. The van der Waals surface area contributed by atoms with Gasteiger partial charge >= 0.3 is 0 Å². The van der Waals surface area contributed by atoms with Crippen molar-refractivity contribution in [3.05, 3.63) is 64.9 Å². The Morgan fingerprint density at radius 1 is 1.16 bits per heavy atom. The number of rotatable bonds is 4. The Kier molecular flexibility index (Phi) is 6.45. The summed E-state index contributed by atoms with van der Waals surface area (Å²) >= 11 is 5.95. The minimum absolute atomic E-state index is 0. The van der Waals surface area contributed by atoms with Crippen LogP contribution in [0.5, 0.6) is 0 Å². The quantitative estimate of drug-likeness (QED) is 0.850. The molecular weight excluding hydrogens is 386 g/mol. The Hall–Kier alpha value is -1.18. The minimum Gasteiger partial charge on any atom is -0.330 e. The summed E-state index contributed by atoms with van der Waals surface area (Å²) in [6.07, 6.45) is 0. The second kappa shape index (κ2) is 8.01. The summed E-state index contributed by atoms with van der Waals surface area (Å²) in [6, 6.07) is 13.1. The molecule has 1 heterocycles. The standard InChI is InChI=1S/C17H18ClFN2O2S.ClH/c18-16-8-14(19)6-7-17(16)24(22,23)21-10-13(9-20)15(11-21)12-4-2-1-3-5-12;/h1-8,13,15H,9-11,20H2;1H/t13-,15+;/m1./s1. The Labute approximate surface area is 158 Å². The van der Waals surface area contributed by atoms with Crippen molar-refractivity contribution >= 4 is 34.0 Å². The van der Waals surface area contributed by atoms with Crippen molar-refractivity contribution in [2.45, 2.75) is 10.8 Å². The van der Waals surface area contributed by atoms with Crippen LogP contribution in [0.4, 0.5) is 4.39 Å². The van der Waals surface area contributed by atoms with Gasteiger partial charge in [-0.2, -0.15) is 4.31 Å². The third-order valence-electron chi connectivity index (χ3n) is 4.45. The van der Waals surface area contributed by atoms with Gasteiger partial charge in [-0.15, -0.1) is 12.4 Å². The second-order valence-electron chi connectivity index (χ2n) is 5.91. The molecule has 3 rings (SSSR count). The largest absolute Gasteiger partial charge is 0.330 e. The summed E-state index contributed by atoms with van der Waals surface area (Å²) in [4.78, 5) is -0.0740. The van der Waals surface area contributed by atoms with Gasteiger partial charge in [-0.3, -0.25) is 0 Å². The van der Waals surface area contributed by atoms with E-state index in [1.807, 2.05) is 30.3 Å². The highest BCUT2D eigenvalue weighted by molar-refractivity contribution is 7.89. The van der Waals surface area contributed by atoms with Crippen LogP contribution in [-0.2, 0) is 10.0 Å². The van der Waals surface area contributed by atoms with Crippen molar-refractivity contribution in [3.63, 3.8) is 0 Å². The number of sulfonamides is 1. The Bertz CT molecular complexity index is 834. The second-order valence-corrected chi connectivity index (χ2v) is 8.22. The van der Waals surface area contributed by atoms with Gasteiger partial charge in [0, 0.05) is 19.0 Å². The summed E-state index contributed by atoms with van der Waals surface area (Å²) in [5.41, 5.74) is 6.92. The van der Waals surface area contributed by atoms with Crippen LogP contribution in [0.3, 0.4) is 0 Å². The lowest BCUT2D eigenvalue weighted by Gasteiger charge is -2.17. The normalized spacial score (nSPS) is 21.1. The fourth-order valence-corrected chi connectivity index (χ4v) is 5.20. The summed E-state index contributed by atoms with van der Waals surface area (Å²) in [5.74, 6) is -0.506. The van der Waals surface area contributed by atoms with E-state index in [4.69, 9.17) is 17.3 Å². The van der Waals surface area contributed by atoms with Crippen molar-refractivity contribution in [1.82, 2.24) is 4.31 Å². The van der Waals surface area contributed by atoms with E-state index in [0.29, 0.717) is 19.6 Å². The minimum atomic E-state index is -3.79. The zero-order chi connectivity index (χ0) is 17.3. The van der Waals surface area contributed by atoms with Gasteiger partial charge in [0.05, 0.1) is 5.02 Å². The van der Waals surface area contributed by atoms with Crippen molar-refractivity contribution in [3.8, 4) is 0 Å². The molecule has 0 saturated carbocycles. The maximum absolute atomic E-state index is 13.2. The Morgan fingerprint density at radius 3 is 2.44 bits per heavy atom. The van der Waals surface area contributed by atoms with Crippen LogP contribution < -0.4 is 5.73 Å². The van der Waals surface area contributed by atoms with Crippen LogP contribution in [0.25, 0.3) is 0 Å². The number of nitrogens with two attached hydrogens (primary N) is 1. The molecule has 1 saturated heterocycles. The Morgan fingerprint density at radius 2 is 1.84 bits per heavy atom. The summed E-state index contributed by atoms with van der Waals surface area (Å²) in [6.45, 7) is 1.05. The van der Waals surface area contributed by atoms with Crippen LogP contribution >= 0.6 is 24.0 Å². The summed E-state index contributed by atoms with van der Waals surface area (Å²) < 4.78 is 40.4. The molecule has 0 bridgehead atoms. The topological polar surface area (TPSA) is 63.4 Å². The molecule has 0 radical (unpaired) electrons. The molecule has 2 aromatic rings. The van der Waals surface area contributed by atoms with Gasteiger partial charge in [-0.25, -0.2) is 12.8 Å². The van der Waals surface area contributed by atoms with Gasteiger partial charge in [-0.05, 0) is 36.2 Å². The average molecular weight is 405 g/mol. The van der Waals surface area contributed by atoms with Gasteiger partial charge in [-0.1, -0.05) is 41.9 Å². The molecule has 2 aromatic carbocycles. The first-order chi connectivity index (χ1) is 11.4. The van der Waals surface area contributed by atoms with E-state index in [-0.39, 0.29) is 34.2 Å². The number of halogens is 3. The average Bonchev–Trinajstić information content (AvgIpc) is 3.00. The molecular formula is C17H19Cl2FN2O2S. The zero-order valence-electron chi connectivity index (χ0n) is 13.3. The van der Waals surface area contributed by atoms with Gasteiger partial charge in [0.15, 0.2) is 0 Å². The molecule has 136 valence electrons. The highest BCUT2D eigenvalue weighted by Crippen LogP contribution is 2.36. The van der Waals surface area contributed by atoms with Crippen molar-refractivity contribution in [1.29, 1.82) is 0 Å². The van der Waals surface area contributed by atoms with Crippen LogP contribution in [0, 0.1) is 11.7 Å². The maximum Gasteiger partial charge on any atom is 0.244 e. The third-order valence-corrected chi connectivity index (χ3v) is 6.76. The van der Waals surface area contributed by atoms with Crippen molar-refractivity contribution < 1.29 is 12.8 Å². The molecule has 1 fully saturated rings. The molecule has 4 nitrogen and oxygen atoms in total.